The second kappa shape index (κ2) is 8.81. The molecule has 0 fully saturated rings. The Labute approximate surface area is 216 Å². The summed E-state index contributed by atoms with van der Waals surface area (Å²) in [5.41, 5.74) is 17.6. The molecule has 2 aliphatic carbocycles. The maximum absolute atomic E-state index is 12.8. The van der Waals surface area contributed by atoms with E-state index >= 15 is 0 Å². The first-order chi connectivity index (χ1) is 17.3. The van der Waals surface area contributed by atoms with Crippen molar-refractivity contribution in [2.45, 2.75) is 50.0 Å². The number of aromatic nitrogens is 2. The Hall–Kier alpha value is -3.04. The third-order valence-corrected chi connectivity index (χ3v) is 7.55. The van der Waals surface area contributed by atoms with E-state index in [0.717, 1.165) is 44.3 Å². The van der Waals surface area contributed by atoms with Crippen LogP contribution in [0.5, 0.6) is 0 Å². The van der Waals surface area contributed by atoms with Gasteiger partial charge in [0.25, 0.3) is 0 Å². The Kier molecular flexibility index (Phi) is 5.72. The van der Waals surface area contributed by atoms with Crippen molar-refractivity contribution >= 4 is 56.9 Å². The molecular weight excluding hydrogens is 503 g/mol. The van der Waals surface area contributed by atoms with Crippen molar-refractivity contribution < 1.29 is 19.1 Å². The van der Waals surface area contributed by atoms with Crippen LogP contribution in [0.1, 0.15) is 47.6 Å². The molecule has 0 aliphatic heterocycles. The average molecular weight is 527 g/mol. The molecular formula is C26H24Cl2N4O4. The van der Waals surface area contributed by atoms with Gasteiger partial charge in [0, 0.05) is 56.8 Å². The van der Waals surface area contributed by atoms with Gasteiger partial charge in [0.2, 0.25) is 0 Å². The zero-order chi connectivity index (χ0) is 25.1. The number of fused-ring (bicyclic) bond motifs is 6. The van der Waals surface area contributed by atoms with Gasteiger partial charge < -0.3 is 30.9 Å². The molecule has 0 saturated heterocycles. The van der Waals surface area contributed by atoms with Crippen LogP contribution in [0.15, 0.2) is 36.4 Å². The Balaban J connectivity index is 1.23. The van der Waals surface area contributed by atoms with Crippen LogP contribution in [0.4, 0.5) is 0 Å². The SMILES string of the molecule is NC1Cc2c([nH]c3ccc(Cl)cc23)C(OC(=O)C(=O)OC2CC(N)Cc3c2[nH]c2ccc(Cl)cc32)C1. The summed E-state index contributed by atoms with van der Waals surface area (Å²) in [7, 11) is 0. The number of nitrogens with two attached hydrogens (primary N) is 2. The predicted molar refractivity (Wildman–Crippen MR) is 137 cm³/mol. The number of rotatable bonds is 2. The van der Waals surface area contributed by atoms with Crippen LogP contribution in [0.25, 0.3) is 21.8 Å². The third-order valence-electron chi connectivity index (χ3n) is 7.08. The van der Waals surface area contributed by atoms with E-state index < -0.39 is 24.1 Å². The summed E-state index contributed by atoms with van der Waals surface area (Å²) in [5, 5.41) is 3.06. The molecule has 6 rings (SSSR count). The number of H-pyrrole nitrogens is 2. The molecule has 2 aromatic carbocycles. The van der Waals surface area contributed by atoms with Crippen molar-refractivity contribution in [1.82, 2.24) is 9.97 Å². The number of nitrogens with one attached hydrogen (secondary N) is 2. The van der Waals surface area contributed by atoms with Gasteiger partial charge in [0.1, 0.15) is 12.2 Å². The van der Waals surface area contributed by atoms with E-state index in [1.807, 2.05) is 24.3 Å². The molecule has 10 heteroatoms. The zero-order valence-corrected chi connectivity index (χ0v) is 20.7. The maximum Gasteiger partial charge on any atom is 0.418 e. The van der Waals surface area contributed by atoms with Gasteiger partial charge in [0.15, 0.2) is 0 Å². The van der Waals surface area contributed by atoms with Crippen LogP contribution in [0.2, 0.25) is 10.0 Å². The molecule has 2 heterocycles. The highest BCUT2D eigenvalue weighted by molar-refractivity contribution is 6.31. The Morgan fingerprint density at radius 2 is 1.17 bits per heavy atom. The van der Waals surface area contributed by atoms with E-state index in [4.69, 9.17) is 44.1 Å². The summed E-state index contributed by atoms with van der Waals surface area (Å²) in [6, 6.07) is 10.5. The van der Waals surface area contributed by atoms with E-state index in [1.54, 1.807) is 12.1 Å². The molecule has 0 spiro atoms. The summed E-state index contributed by atoms with van der Waals surface area (Å²) in [5.74, 6) is -2.15. The van der Waals surface area contributed by atoms with Gasteiger partial charge in [-0.3, -0.25) is 0 Å². The highest BCUT2D eigenvalue weighted by atomic mass is 35.5. The number of esters is 2. The summed E-state index contributed by atoms with van der Waals surface area (Å²) >= 11 is 12.4. The monoisotopic (exact) mass is 526 g/mol. The molecule has 6 N–H and O–H groups in total. The smallest absolute Gasteiger partial charge is 0.418 e. The molecule has 36 heavy (non-hydrogen) atoms. The van der Waals surface area contributed by atoms with Crippen molar-refractivity contribution in [2.24, 2.45) is 11.5 Å². The Morgan fingerprint density at radius 3 is 1.58 bits per heavy atom. The van der Waals surface area contributed by atoms with Crippen LogP contribution < -0.4 is 11.5 Å². The number of carbonyl (C=O) groups excluding carboxylic acids is 2. The largest absolute Gasteiger partial charge is 0.447 e. The normalized spacial score (nSPS) is 23.3. The van der Waals surface area contributed by atoms with Gasteiger partial charge in [0.05, 0.1) is 11.4 Å². The van der Waals surface area contributed by atoms with Gasteiger partial charge in [-0.15, -0.1) is 0 Å². The molecule has 8 nitrogen and oxygen atoms in total. The highest BCUT2D eigenvalue weighted by Crippen LogP contribution is 2.39. The van der Waals surface area contributed by atoms with Crippen LogP contribution in [0, 0.1) is 0 Å². The topological polar surface area (TPSA) is 136 Å². The van der Waals surface area contributed by atoms with Gasteiger partial charge >= 0.3 is 11.9 Å². The fourth-order valence-electron chi connectivity index (χ4n) is 5.52. The lowest BCUT2D eigenvalue weighted by molar-refractivity contribution is -0.175. The molecule has 0 saturated carbocycles. The van der Waals surface area contributed by atoms with E-state index in [2.05, 4.69) is 9.97 Å². The van der Waals surface area contributed by atoms with Crippen molar-refractivity contribution in [1.29, 1.82) is 0 Å². The van der Waals surface area contributed by atoms with Crippen LogP contribution in [-0.2, 0) is 31.9 Å². The number of hydrogen-bond donors (Lipinski definition) is 4. The van der Waals surface area contributed by atoms with E-state index in [-0.39, 0.29) is 12.1 Å². The number of hydrogen-bond acceptors (Lipinski definition) is 6. The first-order valence-corrected chi connectivity index (χ1v) is 12.5. The second-order valence-electron chi connectivity index (χ2n) is 9.60. The Bertz CT molecular complexity index is 1410. The number of aromatic amines is 2. The fourth-order valence-corrected chi connectivity index (χ4v) is 5.86. The second-order valence-corrected chi connectivity index (χ2v) is 10.5. The predicted octanol–water partition coefficient (Wildman–Crippen LogP) is 4.37. The minimum atomic E-state index is -1.07. The number of halogens is 2. The van der Waals surface area contributed by atoms with Crippen LogP contribution in [-0.4, -0.2) is 34.0 Å². The first-order valence-electron chi connectivity index (χ1n) is 11.8. The van der Waals surface area contributed by atoms with Gasteiger partial charge in [-0.05, 0) is 60.4 Å². The van der Waals surface area contributed by atoms with Crippen LogP contribution in [0.3, 0.4) is 0 Å². The lowest BCUT2D eigenvalue weighted by Crippen LogP contribution is -2.35. The summed E-state index contributed by atoms with van der Waals surface area (Å²) in [6.45, 7) is 0. The summed E-state index contributed by atoms with van der Waals surface area (Å²) < 4.78 is 11.2. The van der Waals surface area contributed by atoms with E-state index in [0.29, 0.717) is 35.7 Å². The molecule has 4 unspecified atom stereocenters. The summed E-state index contributed by atoms with van der Waals surface area (Å²) in [6.07, 6.45) is 0.591. The van der Waals surface area contributed by atoms with E-state index in [9.17, 15) is 9.59 Å². The number of carbonyl (C=O) groups is 2. The first kappa shape index (κ1) is 23.4. The fraction of sp³-hybridized carbons (Fsp3) is 0.308. The lowest BCUT2D eigenvalue weighted by atomic mass is 9.90. The number of ether oxygens (including phenoxy) is 2. The molecule has 0 amide bonds. The van der Waals surface area contributed by atoms with E-state index in [1.165, 1.54) is 0 Å². The number of benzene rings is 2. The third kappa shape index (κ3) is 4.04. The van der Waals surface area contributed by atoms with Crippen molar-refractivity contribution in [3.63, 3.8) is 0 Å². The standard InChI is InChI=1S/C26H24Cl2N4O4/c27-11-1-3-19-15(5-11)17-7-13(29)9-21(23(17)31-19)35-25(33)26(34)36-22-10-14(30)8-18-16-6-12(28)2-4-20(16)32-24(18)22/h1-6,13-14,21-22,31-32H,7-10,29-30H2. The quantitative estimate of drug-likeness (QED) is 0.226. The summed E-state index contributed by atoms with van der Waals surface area (Å²) in [4.78, 5) is 32.3. The van der Waals surface area contributed by atoms with Crippen molar-refractivity contribution in [3.05, 3.63) is 69.0 Å². The minimum Gasteiger partial charge on any atom is -0.447 e. The molecule has 186 valence electrons. The van der Waals surface area contributed by atoms with Crippen molar-refractivity contribution in [2.75, 3.05) is 0 Å². The molecule has 2 aromatic heterocycles. The Morgan fingerprint density at radius 1 is 0.750 bits per heavy atom. The lowest BCUT2D eigenvalue weighted by Gasteiger charge is -2.28. The van der Waals surface area contributed by atoms with Crippen LogP contribution >= 0.6 is 23.2 Å². The zero-order valence-electron chi connectivity index (χ0n) is 19.1. The average Bonchev–Trinajstić information content (AvgIpc) is 3.37. The highest BCUT2D eigenvalue weighted by Gasteiger charge is 2.36. The molecule has 4 aromatic rings. The van der Waals surface area contributed by atoms with Crippen molar-refractivity contribution in [3.8, 4) is 0 Å². The molecule has 0 radical (unpaired) electrons. The van der Waals surface area contributed by atoms with Gasteiger partial charge in [-0.1, -0.05) is 23.2 Å². The van der Waals surface area contributed by atoms with Gasteiger partial charge in [-0.2, -0.15) is 0 Å². The maximum atomic E-state index is 12.8. The minimum absolute atomic E-state index is 0.235. The molecule has 2 aliphatic rings. The molecule has 4 atom stereocenters. The molecule has 0 bridgehead atoms. The van der Waals surface area contributed by atoms with Gasteiger partial charge in [-0.25, -0.2) is 9.59 Å².